The molecule has 1 atom stereocenters. The van der Waals surface area contributed by atoms with Gasteiger partial charge in [-0.2, -0.15) is 0 Å². The van der Waals surface area contributed by atoms with Gasteiger partial charge in [0.15, 0.2) is 5.58 Å². The van der Waals surface area contributed by atoms with E-state index in [2.05, 4.69) is 16.5 Å². The number of nitrogens with one attached hydrogen (secondary N) is 1. The highest BCUT2D eigenvalue weighted by Crippen LogP contribution is 2.33. The van der Waals surface area contributed by atoms with Gasteiger partial charge in [-0.25, -0.2) is 0 Å². The lowest BCUT2D eigenvalue weighted by Gasteiger charge is -2.18. The summed E-state index contributed by atoms with van der Waals surface area (Å²) < 4.78 is 5.40. The second-order valence-electron chi connectivity index (χ2n) is 5.77. The van der Waals surface area contributed by atoms with Crippen LogP contribution in [0.3, 0.4) is 0 Å². The van der Waals surface area contributed by atoms with Gasteiger partial charge in [-0.15, -0.1) is 0 Å². The van der Waals surface area contributed by atoms with Gasteiger partial charge in [-0.05, 0) is 36.2 Å². The third-order valence-corrected chi connectivity index (χ3v) is 4.18. The SMILES string of the molecule is Cc1ccc2cc3onc(C4CCC(=O)NC4=O)c3cc2c1. The molecule has 0 radical (unpaired) electrons. The first-order valence-corrected chi connectivity index (χ1v) is 7.25. The number of aryl methyl sites for hydroxylation is 1. The summed E-state index contributed by atoms with van der Waals surface area (Å²) in [5, 5.41) is 9.46. The molecule has 5 heteroatoms. The molecule has 0 aliphatic carbocycles. The fourth-order valence-electron chi connectivity index (χ4n) is 3.03. The zero-order valence-electron chi connectivity index (χ0n) is 12.1. The van der Waals surface area contributed by atoms with Crippen molar-refractivity contribution in [2.45, 2.75) is 25.7 Å². The predicted octanol–water partition coefficient (Wildman–Crippen LogP) is 2.81. The van der Waals surface area contributed by atoms with Crippen LogP contribution in [-0.2, 0) is 9.59 Å². The second-order valence-corrected chi connectivity index (χ2v) is 5.77. The van der Waals surface area contributed by atoms with Crippen molar-refractivity contribution in [1.29, 1.82) is 0 Å². The van der Waals surface area contributed by atoms with Crippen molar-refractivity contribution in [1.82, 2.24) is 10.5 Å². The molecule has 4 rings (SSSR count). The smallest absolute Gasteiger partial charge is 0.235 e. The van der Waals surface area contributed by atoms with Gasteiger partial charge >= 0.3 is 0 Å². The number of amides is 2. The lowest BCUT2D eigenvalue weighted by atomic mass is 9.92. The zero-order chi connectivity index (χ0) is 15.3. The number of aromatic nitrogens is 1. The molecular formula is C17H14N2O3. The van der Waals surface area contributed by atoms with Gasteiger partial charge in [-0.1, -0.05) is 28.9 Å². The van der Waals surface area contributed by atoms with Crippen LogP contribution < -0.4 is 5.32 Å². The molecule has 5 nitrogen and oxygen atoms in total. The van der Waals surface area contributed by atoms with Gasteiger partial charge in [0.1, 0.15) is 5.69 Å². The minimum absolute atomic E-state index is 0.227. The average molecular weight is 294 g/mol. The molecule has 1 unspecified atom stereocenters. The lowest BCUT2D eigenvalue weighted by molar-refractivity contribution is -0.134. The number of nitrogens with zero attached hydrogens (tertiary/aromatic N) is 1. The second kappa shape index (κ2) is 4.66. The van der Waals surface area contributed by atoms with Crippen LogP contribution in [0.15, 0.2) is 34.9 Å². The maximum absolute atomic E-state index is 12.1. The Kier molecular flexibility index (Phi) is 2.76. The van der Waals surface area contributed by atoms with Crippen molar-refractivity contribution in [3.8, 4) is 0 Å². The number of rotatable bonds is 1. The Morgan fingerprint density at radius 2 is 2.05 bits per heavy atom. The van der Waals surface area contributed by atoms with Crippen LogP contribution in [-0.4, -0.2) is 17.0 Å². The summed E-state index contributed by atoms with van der Waals surface area (Å²) in [6.45, 7) is 2.04. The van der Waals surface area contributed by atoms with E-state index in [1.165, 1.54) is 5.56 Å². The fourth-order valence-corrected chi connectivity index (χ4v) is 3.03. The average Bonchev–Trinajstić information content (AvgIpc) is 2.88. The highest BCUT2D eigenvalue weighted by molar-refractivity contribution is 6.04. The first kappa shape index (κ1) is 13.0. The predicted molar refractivity (Wildman–Crippen MR) is 81.4 cm³/mol. The van der Waals surface area contributed by atoms with Crippen molar-refractivity contribution >= 4 is 33.6 Å². The van der Waals surface area contributed by atoms with E-state index >= 15 is 0 Å². The van der Waals surface area contributed by atoms with Crippen molar-refractivity contribution in [3.63, 3.8) is 0 Å². The Morgan fingerprint density at radius 1 is 1.18 bits per heavy atom. The molecule has 0 saturated carbocycles. The summed E-state index contributed by atoms with van der Waals surface area (Å²) >= 11 is 0. The van der Waals surface area contributed by atoms with Crippen LogP contribution in [0.25, 0.3) is 21.7 Å². The van der Waals surface area contributed by atoms with E-state index < -0.39 is 5.92 Å². The minimum Gasteiger partial charge on any atom is -0.356 e. The van der Waals surface area contributed by atoms with Crippen LogP contribution in [0, 0.1) is 6.92 Å². The van der Waals surface area contributed by atoms with E-state index in [0.717, 1.165) is 16.2 Å². The summed E-state index contributed by atoms with van der Waals surface area (Å²) in [6.07, 6.45) is 0.801. The van der Waals surface area contributed by atoms with Gasteiger partial charge in [0, 0.05) is 11.8 Å². The molecule has 1 fully saturated rings. The summed E-state index contributed by atoms with van der Waals surface area (Å²) in [6, 6.07) is 10.1. The molecule has 2 amide bonds. The molecule has 1 aliphatic rings. The lowest BCUT2D eigenvalue weighted by Crippen LogP contribution is -2.39. The number of fused-ring (bicyclic) bond motifs is 2. The van der Waals surface area contributed by atoms with E-state index in [9.17, 15) is 9.59 Å². The molecule has 2 aromatic carbocycles. The van der Waals surface area contributed by atoms with Gasteiger partial charge in [-0.3, -0.25) is 14.9 Å². The molecule has 22 heavy (non-hydrogen) atoms. The largest absolute Gasteiger partial charge is 0.356 e. The monoisotopic (exact) mass is 294 g/mol. The summed E-state index contributed by atoms with van der Waals surface area (Å²) in [5.41, 5.74) is 2.45. The summed E-state index contributed by atoms with van der Waals surface area (Å²) in [5.74, 6) is -0.952. The first-order valence-electron chi connectivity index (χ1n) is 7.25. The fraction of sp³-hybridized carbons (Fsp3) is 0.235. The Labute approximate surface area is 126 Å². The number of hydrogen-bond donors (Lipinski definition) is 1. The van der Waals surface area contributed by atoms with Crippen LogP contribution >= 0.6 is 0 Å². The number of carbonyl (C=O) groups is 2. The third kappa shape index (κ3) is 1.97. The normalized spacial score (nSPS) is 18.9. The highest BCUT2D eigenvalue weighted by atomic mass is 16.5. The zero-order valence-corrected chi connectivity index (χ0v) is 12.1. The minimum atomic E-state index is -0.429. The molecule has 110 valence electrons. The molecule has 1 aromatic heterocycles. The Hall–Kier alpha value is -2.69. The number of imide groups is 1. The van der Waals surface area contributed by atoms with Crippen molar-refractivity contribution < 1.29 is 14.1 Å². The van der Waals surface area contributed by atoms with Gasteiger partial charge in [0.2, 0.25) is 11.8 Å². The molecule has 1 saturated heterocycles. The number of piperidine rings is 1. The van der Waals surface area contributed by atoms with E-state index in [4.69, 9.17) is 4.52 Å². The van der Waals surface area contributed by atoms with E-state index in [1.807, 2.05) is 31.2 Å². The standard InChI is InChI=1S/C17H14N2O3/c1-9-2-3-10-8-14-13(7-11(10)6-9)16(19-22-14)12-4-5-15(20)18-17(12)21/h2-3,6-8,12H,4-5H2,1H3,(H,18,20,21). The molecular weight excluding hydrogens is 280 g/mol. The quantitative estimate of drug-likeness (QED) is 0.700. The van der Waals surface area contributed by atoms with Crippen LogP contribution in [0.2, 0.25) is 0 Å². The molecule has 3 aromatic rings. The Morgan fingerprint density at radius 3 is 2.86 bits per heavy atom. The van der Waals surface area contributed by atoms with Crippen molar-refractivity contribution in [2.75, 3.05) is 0 Å². The first-order chi connectivity index (χ1) is 10.6. The topological polar surface area (TPSA) is 72.2 Å². The van der Waals surface area contributed by atoms with E-state index in [-0.39, 0.29) is 11.8 Å². The molecule has 1 aliphatic heterocycles. The summed E-state index contributed by atoms with van der Waals surface area (Å²) in [4.78, 5) is 23.3. The molecule has 0 spiro atoms. The highest BCUT2D eigenvalue weighted by Gasteiger charge is 2.31. The van der Waals surface area contributed by atoms with Crippen molar-refractivity contribution in [3.05, 3.63) is 41.6 Å². The molecule has 2 heterocycles. The van der Waals surface area contributed by atoms with Gasteiger partial charge < -0.3 is 4.52 Å². The maximum atomic E-state index is 12.1. The molecule has 0 bridgehead atoms. The van der Waals surface area contributed by atoms with Crippen LogP contribution in [0.4, 0.5) is 0 Å². The van der Waals surface area contributed by atoms with Gasteiger partial charge in [0.25, 0.3) is 0 Å². The Balaban J connectivity index is 1.88. The van der Waals surface area contributed by atoms with Crippen molar-refractivity contribution in [2.24, 2.45) is 0 Å². The number of hydrogen-bond acceptors (Lipinski definition) is 4. The molecule has 1 N–H and O–H groups in total. The van der Waals surface area contributed by atoms with E-state index in [1.54, 1.807) is 0 Å². The van der Waals surface area contributed by atoms with Gasteiger partial charge in [0.05, 0.1) is 5.92 Å². The third-order valence-electron chi connectivity index (χ3n) is 4.18. The number of benzene rings is 2. The van der Waals surface area contributed by atoms with E-state index in [0.29, 0.717) is 24.1 Å². The van der Waals surface area contributed by atoms with Crippen LogP contribution in [0.1, 0.15) is 30.0 Å². The maximum Gasteiger partial charge on any atom is 0.235 e. The summed E-state index contributed by atoms with van der Waals surface area (Å²) in [7, 11) is 0. The number of carbonyl (C=O) groups excluding carboxylic acids is 2. The van der Waals surface area contributed by atoms with Crippen LogP contribution in [0.5, 0.6) is 0 Å². The Bertz CT molecular complexity index is 926.